The smallest absolute Gasteiger partial charge is 0.128 e. The molecule has 0 saturated carbocycles. The second kappa shape index (κ2) is 8.49. The molecule has 0 bridgehead atoms. The zero-order chi connectivity index (χ0) is 23.9. The van der Waals surface area contributed by atoms with Crippen LogP contribution in [0.1, 0.15) is 35.7 Å². The maximum atomic E-state index is 9.77. The average molecular weight is 455 g/mol. The van der Waals surface area contributed by atoms with E-state index in [1.165, 1.54) is 33.3 Å². The van der Waals surface area contributed by atoms with Crippen molar-refractivity contribution in [3.8, 4) is 11.8 Å². The van der Waals surface area contributed by atoms with Gasteiger partial charge in [-0.25, -0.2) is 0 Å². The van der Waals surface area contributed by atoms with Gasteiger partial charge in [-0.2, -0.15) is 5.26 Å². The van der Waals surface area contributed by atoms with Gasteiger partial charge in [-0.15, -0.1) is 0 Å². The largest absolute Gasteiger partial charge is 0.485 e. The van der Waals surface area contributed by atoms with Crippen LogP contribution < -0.4 is 0 Å². The quantitative estimate of drug-likeness (QED) is 0.384. The molecule has 2 atom stereocenters. The molecule has 0 radical (unpaired) electrons. The summed E-state index contributed by atoms with van der Waals surface area (Å²) in [5.74, 6) is 0.985. The van der Waals surface area contributed by atoms with E-state index in [4.69, 9.17) is 4.74 Å². The van der Waals surface area contributed by atoms with E-state index in [0.717, 1.165) is 29.9 Å². The van der Waals surface area contributed by atoms with Crippen molar-refractivity contribution in [2.75, 3.05) is 0 Å². The summed E-state index contributed by atoms with van der Waals surface area (Å²) >= 11 is 0. The summed E-state index contributed by atoms with van der Waals surface area (Å²) in [5, 5.41) is 11.0. The number of fused-ring (bicyclic) bond motifs is 4. The Bertz CT molecular complexity index is 1560. The molecule has 3 nitrogen and oxygen atoms in total. The number of allylic oxidation sites excluding steroid dienone is 6. The maximum Gasteiger partial charge on any atom is 0.128 e. The van der Waals surface area contributed by atoms with Gasteiger partial charge >= 0.3 is 0 Å². The molecule has 0 amide bonds. The summed E-state index contributed by atoms with van der Waals surface area (Å²) in [5.41, 5.74) is 9.05. The Kier molecular flexibility index (Phi) is 5.16. The van der Waals surface area contributed by atoms with Crippen molar-refractivity contribution < 1.29 is 4.74 Å². The fraction of sp³-hybridized carbons (Fsp3) is 0.156. The van der Waals surface area contributed by atoms with Gasteiger partial charge in [0.05, 0.1) is 22.8 Å². The maximum absolute atomic E-state index is 9.77. The average Bonchev–Trinajstić information content (AvgIpc) is 3.41. The molecule has 1 aromatic heterocycles. The third-order valence-corrected chi connectivity index (χ3v) is 7.27. The van der Waals surface area contributed by atoms with Gasteiger partial charge in [-0.1, -0.05) is 61.2 Å². The van der Waals surface area contributed by atoms with Crippen LogP contribution >= 0.6 is 0 Å². The molecule has 35 heavy (non-hydrogen) atoms. The molecule has 2 aliphatic carbocycles. The SMILES string of the molecule is C=C/C=C\C1=C(C)C2C(c3cc(C#N)ccc3-n3c4c(c5ccccc53)C=CCC4)=CC=CC2O1. The molecule has 2 aromatic carbocycles. The zero-order valence-electron chi connectivity index (χ0n) is 19.7. The predicted molar refractivity (Wildman–Crippen MR) is 143 cm³/mol. The van der Waals surface area contributed by atoms with Crippen LogP contribution in [-0.4, -0.2) is 10.7 Å². The van der Waals surface area contributed by atoms with E-state index in [2.05, 4.69) is 84.9 Å². The Morgan fingerprint density at radius 3 is 2.94 bits per heavy atom. The van der Waals surface area contributed by atoms with Crippen LogP contribution in [0.3, 0.4) is 0 Å². The highest BCUT2D eigenvalue weighted by atomic mass is 16.5. The van der Waals surface area contributed by atoms with E-state index in [1.807, 2.05) is 24.3 Å². The number of rotatable bonds is 4. The molecule has 3 heteroatoms. The van der Waals surface area contributed by atoms with Crippen molar-refractivity contribution in [1.82, 2.24) is 4.57 Å². The van der Waals surface area contributed by atoms with E-state index in [-0.39, 0.29) is 12.0 Å². The molecule has 0 saturated heterocycles. The van der Waals surface area contributed by atoms with Crippen LogP contribution in [0.25, 0.3) is 28.2 Å². The molecule has 3 aromatic rings. The normalized spacial score (nSPS) is 20.5. The van der Waals surface area contributed by atoms with E-state index in [0.29, 0.717) is 5.56 Å². The van der Waals surface area contributed by atoms with Crippen LogP contribution in [0.15, 0.2) is 103 Å². The third-order valence-electron chi connectivity index (χ3n) is 7.27. The van der Waals surface area contributed by atoms with Gasteiger partial charge in [0.25, 0.3) is 0 Å². The first-order valence-electron chi connectivity index (χ1n) is 12.1. The van der Waals surface area contributed by atoms with Gasteiger partial charge in [0.1, 0.15) is 11.9 Å². The summed E-state index contributed by atoms with van der Waals surface area (Å²) in [7, 11) is 0. The van der Waals surface area contributed by atoms with Crippen LogP contribution in [0.5, 0.6) is 0 Å². The molecule has 2 heterocycles. The number of nitriles is 1. The Balaban J connectivity index is 1.60. The van der Waals surface area contributed by atoms with E-state index >= 15 is 0 Å². The predicted octanol–water partition coefficient (Wildman–Crippen LogP) is 7.45. The van der Waals surface area contributed by atoms with Gasteiger partial charge in [0.15, 0.2) is 0 Å². The summed E-state index contributed by atoms with van der Waals surface area (Å²) < 4.78 is 8.72. The summed E-state index contributed by atoms with van der Waals surface area (Å²) in [6.45, 7) is 5.94. The molecular formula is C32H26N2O. The number of hydrogen-bond acceptors (Lipinski definition) is 2. The molecule has 3 aliphatic rings. The summed E-state index contributed by atoms with van der Waals surface area (Å²) in [6, 6.07) is 17.1. The van der Waals surface area contributed by atoms with Crippen molar-refractivity contribution in [2.45, 2.75) is 25.9 Å². The minimum absolute atomic E-state index is 0.0590. The first-order valence-corrected chi connectivity index (χ1v) is 12.1. The highest BCUT2D eigenvalue weighted by molar-refractivity contribution is 5.94. The third kappa shape index (κ3) is 3.33. The van der Waals surface area contributed by atoms with Crippen LogP contribution in [0.2, 0.25) is 0 Å². The molecule has 0 spiro atoms. The van der Waals surface area contributed by atoms with Gasteiger partial charge in [-0.05, 0) is 67.3 Å². The monoisotopic (exact) mass is 454 g/mol. The second-order valence-corrected chi connectivity index (χ2v) is 9.21. The molecule has 0 N–H and O–H groups in total. The lowest BCUT2D eigenvalue weighted by molar-refractivity contribution is 0.176. The van der Waals surface area contributed by atoms with E-state index in [1.54, 1.807) is 6.08 Å². The molecule has 170 valence electrons. The van der Waals surface area contributed by atoms with Crippen molar-refractivity contribution in [3.63, 3.8) is 0 Å². The first-order chi connectivity index (χ1) is 17.2. The van der Waals surface area contributed by atoms with Crippen molar-refractivity contribution >= 4 is 22.6 Å². The summed E-state index contributed by atoms with van der Waals surface area (Å²) in [6.07, 6.45) is 18.5. The topological polar surface area (TPSA) is 38.0 Å². The standard InChI is InChI=1S/C32H26N2O/c1-3-4-15-30-21(2)32-25(12-9-16-31(32)35-30)26-19-22(20-33)17-18-29(26)34-27-13-7-5-10-23(27)24-11-6-8-14-28(24)34/h3-7,9-13,15-19,31-32H,1,8,14H2,2H3/b15-4-. The summed E-state index contributed by atoms with van der Waals surface area (Å²) in [4.78, 5) is 0. The van der Waals surface area contributed by atoms with Crippen LogP contribution in [0, 0.1) is 17.2 Å². The van der Waals surface area contributed by atoms with Crippen LogP contribution in [0.4, 0.5) is 0 Å². The second-order valence-electron chi connectivity index (χ2n) is 9.21. The number of nitrogens with zero attached hydrogens (tertiary/aromatic N) is 2. The lowest BCUT2D eigenvalue weighted by atomic mass is 9.80. The Morgan fingerprint density at radius 2 is 2.09 bits per heavy atom. The molecule has 1 aliphatic heterocycles. The van der Waals surface area contributed by atoms with E-state index < -0.39 is 0 Å². The van der Waals surface area contributed by atoms with Crippen molar-refractivity contribution in [3.05, 3.63) is 125 Å². The van der Waals surface area contributed by atoms with Crippen molar-refractivity contribution in [1.29, 1.82) is 5.26 Å². The van der Waals surface area contributed by atoms with Gasteiger partial charge in [-0.3, -0.25) is 0 Å². The van der Waals surface area contributed by atoms with Gasteiger partial charge in [0.2, 0.25) is 0 Å². The van der Waals surface area contributed by atoms with Gasteiger partial charge < -0.3 is 9.30 Å². The number of para-hydroxylation sites is 1. The lowest BCUT2D eigenvalue weighted by Crippen LogP contribution is -2.20. The molecule has 2 unspecified atom stereocenters. The first kappa shape index (κ1) is 21.3. The molecular weight excluding hydrogens is 428 g/mol. The van der Waals surface area contributed by atoms with Gasteiger partial charge in [0, 0.05) is 28.1 Å². The Morgan fingerprint density at radius 1 is 1.20 bits per heavy atom. The Hall–Kier alpha value is -4.29. The molecule has 6 rings (SSSR count). The van der Waals surface area contributed by atoms with Crippen LogP contribution in [-0.2, 0) is 11.2 Å². The Labute approximate surface area is 206 Å². The highest BCUT2D eigenvalue weighted by Gasteiger charge is 2.37. The highest BCUT2D eigenvalue weighted by Crippen LogP contribution is 2.46. The lowest BCUT2D eigenvalue weighted by Gasteiger charge is -2.26. The number of ether oxygens (including phenoxy) is 1. The van der Waals surface area contributed by atoms with Crippen molar-refractivity contribution in [2.24, 2.45) is 5.92 Å². The number of aromatic nitrogens is 1. The minimum Gasteiger partial charge on any atom is -0.485 e. The fourth-order valence-electron chi connectivity index (χ4n) is 5.70. The van der Waals surface area contributed by atoms with E-state index in [9.17, 15) is 5.26 Å². The fourth-order valence-corrected chi connectivity index (χ4v) is 5.70. The number of benzene rings is 2. The zero-order valence-corrected chi connectivity index (χ0v) is 19.7. The molecule has 0 fully saturated rings. The number of hydrogen-bond donors (Lipinski definition) is 0. The minimum atomic E-state index is -0.0590.